The molecule has 9 aromatic carbocycles. The van der Waals surface area contributed by atoms with Gasteiger partial charge in [-0.1, -0.05) is 175 Å². The smallest absolute Gasteiger partial charge is 0.0754 e. The summed E-state index contributed by atoms with van der Waals surface area (Å²) in [6.45, 7) is 2.14. The van der Waals surface area contributed by atoms with Crippen molar-refractivity contribution in [3.63, 3.8) is 0 Å². The highest BCUT2D eigenvalue weighted by atomic mass is 15.2. The maximum absolute atomic E-state index is 2.55. The van der Waals surface area contributed by atoms with Crippen molar-refractivity contribution in [1.82, 2.24) is 0 Å². The molecule has 0 saturated carbocycles. The van der Waals surface area contributed by atoms with Crippen LogP contribution in [0.3, 0.4) is 0 Å². The molecule has 11 rings (SSSR count). The Balaban J connectivity index is 1.24. The Kier molecular flexibility index (Phi) is 6.45. The van der Waals surface area contributed by atoms with Gasteiger partial charge in [-0.2, -0.15) is 0 Å². The van der Waals surface area contributed by atoms with Crippen LogP contribution in [0.4, 0.5) is 17.1 Å². The quantitative estimate of drug-likeness (QED) is 0.180. The van der Waals surface area contributed by atoms with E-state index in [9.17, 15) is 0 Å². The van der Waals surface area contributed by atoms with Crippen LogP contribution in [0.5, 0.6) is 0 Å². The predicted octanol–water partition coefficient (Wildman–Crippen LogP) is 13.8. The lowest BCUT2D eigenvalue weighted by Crippen LogP contribution is -2.36. The lowest BCUT2D eigenvalue weighted by molar-refractivity contribution is 0.756. The Hall–Kier alpha value is -6.70. The summed E-state index contributed by atoms with van der Waals surface area (Å²) in [6, 6.07) is 72.4. The summed E-state index contributed by atoms with van der Waals surface area (Å²) in [5.41, 5.74) is 17.2. The second-order valence-electron chi connectivity index (χ2n) is 14.5. The zero-order valence-electron chi connectivity index (χ0n) is 29.4. The lowest BCUT2D eigenvalue weighted by atomic mass is 9.63. The number of aryl methyl sites for hydroxylation is 1. The minimum Gasteiger partial charge on any atom is -0.309 e. The van der Waals surface area contributed by atoms with E-state index in [0.29, 0.717) is 0 Å². The zero-order chi connectivity index (χ0) is 35.1. The number of anilines is 3. The number of hydrogen-bond acceptors (Lipinski definition) is 1. The molecule has 9 aromatic rings. The van der Waals surface area contributed by atoms with E-state index < -0.39 is 5.41 Å². The molecule has 1 aliphatic heterocycles. The molecule has 1 heterocycles. The summed E-state index contributed by atoms with van der Waals surface area (Å²) in [5.74, 6) is 0. The Bertz CT molecular complexity index is 2810. The van der Waals surface area contributed by atoms with Gasteiger partial charge in [-0.3, -0.25) is 0 Å². The molecule has 1 heteroatoms. The van der Waals surface area contributed by atoms with Gasteiger partial charge in [-0.15, -0.1) is 0 Å². The van der Waals surface area contributed by atoms with E-state index in [0.717, 1.165) is 5.69 Å². The minimum absolute atomic E-state index is 0.530. The fourth-order valence-electron chi connectivity index (χ4n) is 9.36. The van der Waals surface area contributed by atoms with Gasteiger partial charge in [-0.25, -0.2) is 0 Å². The number of nitrogens with zero attached hydrogens (tertiary/aromatic N) is 1. The molecule has 0 radical (unpaired) electrons. The highest BCUT2D eigenvalue weighted by Gasteiger charge is 2.52. The molecule has 2 aliphatic rings. The SMILES string of the molecule is Cc1ccc(-c2cccc(-c3ccc4c(c3)-c3ccccc3C43c4ccc5ccccc5c4N(c4ccccc4)c4c3ccc3ccccc43)c2)cc1. The van der Waals surface area contributed by atoms with Crippen molar-refractivity contribution in [1.29, 1.82) is 0 Å². The number of para-hydroxylation sites is 1. The van der Waals surface area contributed by atoms with Gasteiger partial charge < -0.3 is 4.90 Å². The molecule has 1 aliphatic carbocycles. The highest BCUT2D eigenvalue weighted by Crippen LogP contribution is 2.65. The van der Waals surface area contributed by atoms with Gasteiger partial charge in [0.2, 0.25) is 0 Å². The van der Waals surface area contributed by atoms with Crippen LogP contribution in [0.15, 0.2) is 194 Å². The molecule has 1 nitrogen and oxygen atoms in total. The maximum Gasteiger partial charge on any atom is 0.0754 e. The Morgan fingerprint density at radius 1 is 0.358 bits per heavy atom. The number of hydrogen-bond donors (Lipinski definition) is 0. The van der Waals surface area contributed by atoms with Crippen LogP contribution in [-0.2, 0) is 5.41 Å². The minimum atomic E-state index is -0.530. The third kappa shape index (κ3) is 4.25. The average molecular weight is 674 g/mol. The molecular weight excluding hydrogens is 639 g/mol. The summed E-state index contributed by atoms with van der Waals surface area (Å²) in [5, 5.41) is 4.98. The molecular formula is C52H35N. The van der Waals surface area contributed by atoms with Crippen molar-refractivity contribution in [3.8, 4) is 33.4 Å². The molecule has 0 amide bonds. The van der Waals surface area contributed by atoms with Crippen LogP contribution in [0, 0.1) is 6.92 Å². The first-order valence-electron chi connectivity index (χ1n) is 18.5. The third-order valence-corrected chi connectivity index (χ3v) is 11.7. The Morgan fingerprint density at radius 3 is 1.58 bits per heavy atom. The van der Waals surface area contributed by atoms with E-state index in [1.165, 1.54) is 94.1 Å². The van der Waals surface area contributed by atoms with Gasteiger partial charge in [-0.05, 0) is 97.6 Å². The first-order valence-corrected chi connectivity index (χ1v) is 18.5. The summed E-state index contributed by atoms with van der Waals surface area (Å²) in [6.07, 6.45) is 0. The first-order chi connectivity index (χ1) is 26.2. The molecule has 0 N–H and O–H groups in total. The molecule has 0 saturated heterocycles. The van der Waals surface area contributed by atoms with Crippen molar-refractivity contribution in [3.05, 3.63) is 222 Å². The van der Waals surface area contributed by atoms with E-state index in [1.807, 2.05) is 0 Å². The maximum atomic E-state index is 2.55. The summed E-state index contributed by atoms with van der Waals surface area (Å²) < 4.78 is 0. The van der Waals surface area contributed by atoms with Crippen molar-refractivity contribution >= 4 is 38.6 Å². The zero-order valence-corrected chi connectivity index (χ0v) is 29.4. The fraction of sp³-hybridized carbons (Fsp3) is 0.0385. The van der Waals surface area contributed by atoms with E-state index in [-0.39, 0.29) is 0 Å². The van der Waals surface area contributed by atoms with Gasteiger partial charge in [0.15, 0.2) is 0 Å². The lowest BCUT2D eigenvalue weighted by Gasteiger charge is -2.46. The predicted molar refractivity (Wildman–Crippen MR) is 223 cm³/mol. The second-order valence-corrected chi connectivity index (χ2v) is 14.5. The Morgan fingerprint density at radius 2 is 0.887 bits per heavy atom. The summed E-state index contributed by atoms with van der Waals surface area (Å²) >= 11 is 0. The molecule has 0 aromatic heterocycles. The number of benzene rings is 9. The fourth-order valence-corrected chi connectivity index (χ4v) is 9.36. The molecule has 1 spiro atoms. The van der Waals surface area contributed by atoms with Gasteiger partial charge in [0, 0.05) is 16.5 Å². The standard InChI is InChI=1S/C52H35N/c1-34-22-24-35(25-23-34)38-14-11-15-39(32-38)40-28-29-47-45(33-40)44-20-9-10-21-46(44)52(47)48-30-26-36-12-5-7-18-42(36)50(48)53(41-16-3-2-4-17-41)51-43-19-8-6-13-37(43)27-31-49(51)52/h2-33H,1H3. The van der Waals surface area contributed by atoms with Gasteiger partial charge in [0.1, 0.15) is 0 Å². The van der Waals surface area contributed by atoms with Crippen LogP contribution < -0.4 is 4.90 Å². The second kappa shape index (κ2) is 11.4. The van der Waals surface area contributed by atoms with Gasteiger partial charge in [0.25, 0.3) is 0 Å². The van der Waals surface area contributed by atoms with Crippen molar-refractivity contribution in [2.75, 3.05) is 4.90 Å². The van der Waals surface area contributed by atoms with Crippen molar-refractivity contribution < 1.29 is 0 Å². The van der Waals surface area contributed by atoms with E-state index >= 15 is 0 Å². The van der Waals surface area contributed by atoms with Crippen LogP contribution in [0.1, 0.15) is 27.8 Å². The van der Waals surface area contributed by atoms with Crippen LogP contribution in [0.2, 0.25) is 0 Å². The molecule has 248 valence electrons. The van der Waals surface area contributed by atoms with E-state index in [4.69, 9.17) is 0 Å². The molecule has 0 unspecified atom stereocenters. The van der Waals surface area contributed by atoms with Crippen molar-refractivity contribution in [2.24, 2.45) is 0 Å². The van der Waals surface area contributed by atoms with E-state index in [2.05, 4.69) is 206 Å². The monoisotopic (exact) mass is 673 g/mol. The highest BCUT2D eigenvalue weighted by molar-refractivity contribution is 6.12. The molecule has 0 atom stereocenters. The molecule has 0 fully saturated rings. The van der Waals surface area contributed by atoms with Crippen LogP contribution in [-0.4, -0.2) is 0 Å². The average Bonchev–Trinajstić information content (AvgIpc) is 3.51. The third-order valence-electron chi connectivity index (χ3n) is 11.7. The van der Waals surface area contributed by atoms with Crippen LogP contribution in [0.25, 0.3) is 54.9 Å². The van der Waals surface area contributed by atoms with Gasteiger partial charge in [0.05, 0.1) is 16.8 Å². The molecule has 53 heavy (non-hydrogen) atoms. The first kappa shape index (κ1) is 30.0. The van der Waals surface area contributed by atoms with E-state index in [1.54, 1.807) is 0 Å². The number of fused-ring (bicyclic) bond motifs is 13. The molecule has 0 bridgehead atoms. The van der Waals surface area contributed by atoms with Gasteiger partial charge >= 0.3 is 0 Å². The number of rotatable bonds is 3. The topological polar surface area (TPSA) is 3.24 Å². The Labute approximate surface area is 310 Å². The van der Waals surface area contributed by atoms with Crippen molar-refractivity contribution in [2.45, 2.75) is 12.3 Å². The van der Waals surface area contributed by atoms with Crippen LogP contribution >= 0.6 is 0 Å². The summed E-state index contributed by atoms with van der Waals surface area (Å²) in [7, 11) is 0. The largest absolute Gasteiger partial charge is 0.309 e. The summed E-state index contributed by atoms with van der Waals surface area (Å²) in [4.78, 5) is 2.55. The normalized spacial score (nSPS) is 13.5.